The van der Waals surface area contributed by atoms with Crippen molar-refractivity contribution in [1.82, 2.24) is 0 Å². The molecule has 0 spiro atoms. The van der Waals surface area contributed by atoms with Gasteiger partial charge >= 0.3 is 0 Å². The van der Waals surface area contributed by atoms with Crippen LogP contribution >= 0.6 is 0 Å². The molecule has 0 radical (unpaired) electrons. The van der Waals surface area contributed by atoms with Crippen molar-refractivity contribution in [1.29, 1.82) is 0 Å². The summed E-state index contributed by atoms with van der Waals surface area (Å²) in [6.45, 7) is 3.80. The zero-order valence-electron chi connectivity index (χ0n) is 14.5. The molecule has 25 heavy (non-hydrogen) atoms. The van der Waals surface area contributed by atoms with Gasteiger partial charge in [0.1, 0.15) is 0 Å². The lowest BCUT2D eigenvalue weighted by atomic mass is 9.93. The monoisotopic (exact) mass is 331 g/mol. The third-order valence-electron chi connectivity index (χ3n) is 4.21. The summed E-state index contributed by atoms with van der Waals surface area (Å²) in [7, 11) is 0. The molecule has 3 aromatic carbocycles. The van der Waals surface area contributed by atoms with E-state index in [0.717, 1.165) is 27.6 Å². The molecule has 1 N–H and O–H groups in total. The minimum Gasteiger partial charge on any atom is -0.326 e. The van der Waals surface area contributed by atoms with Crippen LogP contribution in [0.15, 0.2) is 66.7 Å². The lowest BCUT2D eigenvalue weighted by Gasteiger charge is -2.12. The molecular formula is C22H21NO2. The first-order chi connectivity index (χ1) is 12.1. The second kappa shape index (κ2) is 7.31. The van der Waals surface area contributed by atoms with Crippen molar-refractivity contribution >= 4 is 28.2 Å². The molecule has 0 fully saturated rings. The van der Waals surface area contributed by atoms with E-state index in [4.69, 9.17) is 0 Å². The Balaban J connectivity index is 1.91. The van der Waals surface area contributed by atoms with Gasteiger partial charge in [0, 0.05) is 17.2 Å². The maximum atomic E-state index is 12.5. The summed E-state index contributed by atoms with van der Waals surface area (Å²) in [6.07, 6.45) is 0.269. The minimum absolute atomic E-state index is 0.0596. The summed E-state index contributed by atoms with van der Waals surface area (Å²) in [4.78, 5) is 24.8. The number of ketones is 1. The Morgan fingerprint density at radius 3 is 2.24 bits per heavy atom. The highest BCUT2D eigenvalue weighted by Crippen LogP contribution is 2.25. The zero-order valence-corrected chi connectivity index (χ0v) is 14.5. The van der Waals surface area contributed by atoms with E-state index in [2.05, 4.69) is 5.32 Å². The standard InChI is InChI=1S/C22H21NO2/c1-15(2)22(25)20-13-7-11-18-16(8-6-12-19(18)20)14-21(24)23-17-9-4-3-5-10-17/h3-13,15H,14H2,1-2H3,(H,23,24). The molecule has 0 aliphatic carbocycles. The van der Waals surface area contributed by atoms with Crippen LogP contribution in [0.4, 0.5) is 5.69 Å². The third-order valence-corrected chi connectivity index (χ3v) is 4.21. The number of anilines is 1. The Morgan fingerprint density at radius 1 is 0.840 bits per heavy atom. The van der Waals surface area contributed by atoms with E-state index in [1.165, 1.54) is 0 Å². The summed E-state index contributed by atoms with van der Waals surface area (Å²) in [6, 6.07) is 20.9. The molecule has 0 aliphatic heterocycles. The highest BCUT2D eigenvalue weighted by molar-refractivity contribution is 6.10. The minimum atomic E-state index is -0.0701. The van der Waals surface area contributed by atoms with E-state index in [0.29, 0.717) is 0 Å². The van der Waals surface area contributed by atoms with Crippen LogP contribution in [0, 0.1) is 5.92 Å². The predicted molar refractivity (Wildman–Crippen MR) is 102 cm³/mol. The van der Waals surface area contributed by atoms with Crippen LogP contribution in [0.2, 0.25) is 0 Å². The molecule has 0 heterocycles. The van der Waals surface area contributed by atoms with Crippen molar-refractivity contribution in [3.8, 4) is 0 Å². The molecule has 3 nitrogen and oxygen atoms in total. The largest absolute Gasteiger partial charge is 0.326 e. The maximum absolute atomic E-state index is 12.5. The summed E-state index contributed by atoms with van der Waals surface area (Å²) >= 11 is 0. The van der Waals surface area contributed by atoms with E-state index >= 15 is 0 Å². The van der Waals surface area contributed by atoms with Gasteiger partial charge in [-0.05, 0) is 28.5 Å². The first kappa shape index (κ1) is 16.9. The molecule has 0 atom stereocenters. The fourth-order valence-electron chi connectivity index (χ4n) is 2.95. The van der Waals surface area contributed by atoms with Crippen molar-refractivity contribution in [2.45, 2.75) is 20.3 Å². The number of benzene rings is 3. The number of fused-ring (bicyclic) bond motifs is 1. The smallest absolute Gasteiger partial charge is 0.228 e. The van der Waals surface area contributed by atoms with E-state index in [9.17, 15) is 9.59 Å². The van der Waals surface area contributed by atoms with Gasteiger partial charge in [0.25, 0.3) is 0 Å². The third kappa shape index (κ3) is 3.77. The van der Waals surface area contributed by atoms with E-state index < -0.39 is 0 Å². The molecule has 3 aromatic rings. The van der Waals surface area contributed by atoms with E-state index in [1.807, 2.05) is 80.6 Å². The number of carbonyl (C=O) groups is 2. The molecule has 3 heteroatoms. The van der Waals surface area contributed by atoms with Gasteiger partial charge in [0.15, 0.2) is 5.78 Å². The van der Waals surface area contributed by atoms with Gasteiger partial charge in [-0.15, -0.1) is 0 Å². The van der Waals surface area contributed by atoms with Gasteiger partial charge in [-0.2, -0.15) is 0 Å². The van der Waals surface area contributed by atoms with Gasteiger partial charge < -0.3 is 5.32 Å². The van der Waals surface area contributed by atoms with Crippen LogP contribution in [-0.4, -0.2) is 11.7 Å². The van der Waals surface area contributed by atoms with E-state index in [1.54, 1.807) is 0 Å². The number of carbonyl (C=O) groups excluding carboxylic acids is 2. The van der Waals surface area contributed by atoms with Gasteiger partial charge in [-0.25, -0.2) is 0 Å². The van der Waals surface area contributed by atoms with Crippen LogP contribution < -0.4 is 5.32 Å². The number of Topliss-reactive ketones (excluding diaryl/α,β-unsaturated/α-hetero) is 1. The highest BCUT2D eigenvalue weighted by Gasteiger charge is 2.15. The maximum Gasteiger partial charge on any atom is 0.228 e. The van der Waals surface area contributed by atoms with Crippen molar-refractivity contribution < 1.29 is 9.59 Å². The van der Waals surface area contributed by atoms with Crippen molar-refractivity contribution in [2.24, 2.45) is 5.92 Å². The normalized spacial score (nSPS) is 10.8. The molecule has 1 amide bonds. The summed E-state index contributed by atoms with van der Waals surface area (Å²) in [5, 5.41) is 4.77. The molecule has 0 saturated heterocycles. The van der Waals surface area contributed by atoms with Crippen LogP contribution in [-0.2, 0) is 11.2 Å². The predicted octanol–water partition coefficient (Wildman–Crippen LogP) is 4.86. The number of rotatable bonds is 5. The van der Waals surface area contributed by atoms with Crippen LogP contribution in [0.1, 0.15) is 29.8 Å². The Morgan fingerprint density at radius 2 is 1.52 bits per heavy atom. The quantitative estimate of drug-likeness (QED) is 0.679. The second-order valence-corrected chi connectivity index (χ2v) is 6.43. The fourth-order valence-corrected chi connectivity index (χ4v) is 2.95. The van der Waals surface area contributed by atoms with Crippen molar-refractivity contribution in [2.75, 3.05) is 5.32 Å². The molecule has 0 saturated carbocycles. The van der Waals surface area contributed by atoms with E-state index in [-0.39, 0.29) is 24.0 Å². The highest BCUT2D eigenvalue weighted by atomic mass is 16.1. The first-order valence-electron chi connectivity index (χ1n) is 8.46. The zero-order chi connectivity index (χ0) is 17.8. The molecule has 0 bridgehead atoms. The SMILES string of the molecule is CC(C)C(=O)c1cccc2c(CC(=O)Nc3ccccc3)cccc12. The number of para-hydroxylation sites is 1. The van der Waals surface area contributed by atoms with Gasteiger partial charge in [0.05, 0.1) is 6.42 Å². The molecular weight excluding hydrogens is 310 g/mol. The number of hydrogen-bond donors (Lipinski definition) is 1. The van der Waals surface area contributed by atoms with Gasteiger partial charge in [-0.3, -0.25) is 9.59 Å². The molecule has 0 unspecified atom stereocenters. The first-order valence-corrected chi connectivity index (χ1v) is 8.46. The molecule has 0 aliphatic rings. The topological polar surface area (TPSA) is 46.2 Å². The molecule has 3 rings (SSSR count). The Kier molecular flexibility index (Phi) is 4.94. The van der Waals surface area contributed by atoms with Crippen LogP contribution in [0.25, 0.3) is 10.8 Å². The number of nitrogens with one attached hydrogen (secondary N) is 1. The van der Waals surface area contributed by atoms with Gasteiger partial charge in [-0.1, -0.05) is 68.4 Å². The number of amides is 1. The average molecular weight is 331 g/mol. The van der Waals surface area contributed by atoms with Crippen LogP contribution in [0.5, 0.6) is 0 Å². The lowest BCUT2D eigenvalue weighted by molar-refractivity contribution is -0.115. The summed E-state index contributed by atoms with van der Waals surface area (Å²) in [5.41, 5.74) is 2.42. The van der Waals surface area contributed by atoms with Crippen LogP contribution in [0.3, 0.4) is 0 Å². The second-order valence-electron chi connectivity index (χ2n) is 6.43. The molecule has 126 valence electrons. The Bertz CT molecular complexity index is 914. The molecule has 0 aromatic heterocycles. The van der Waals surface area contributed by atoms with Gasteiger partial charge in [0.2, 0.25) is 5.91 Å². The average Bonchev–Trinajstić information content (AvgIpc) is 2.61. The summed E-state index contributed by atoms with van der Waals surface area (Å²) < 4.78 is 0. The number of hydrogen-bond acceptors (Lipinski definition) is 2. The Hall–Kier alpha value is -2.94. The fraction of sp³-hybridized carbons (Fsp3) is 0.182. The summed E-state index contributed by atoms with van der Waals surface area (Å²) in [5.74, 6) is -0.00795. The van der Waals surface area contributed by atoms with Crippen molar-refractivity contribution in [3.05, 3.63) is 77.9 Å². The Labute approximate surface area is 147 Å². The lowest BCUT2D eigenvalue weighted by Crippen LogP contribution is -2.14. The van der Waals surface area contributed by atoms with Crippen molar-refractivity contribution in [3.63, 3.8) is 0 Å².